The van der Waals surface area contributed by atoms with Crippen molar-refractivity contribution in [2.45, 2.75) is 48.8 Å². The average molecular weight is 675 g/mol. The standard InChI is InChI=1S/C35H34N2O8S2/c1-23-6-15-29(16-7-23)46(40,41)22-24-8-17-30(18-9-24)47(42,43)36-27-12-19-32-26(20-27)21-31(33(38)44-32)25-10-13-28(14-11-25)37(5)34(39)45-35(2,3)4/h6-21,36H,22H2,1-5H3. The average Bonchev–Trinajstić information content (AvgIpc) is 3.00. The van der Waals surface area contributed by atoms with Gasteiger partial charge in [-0.25, -0.2) is 26.4 Å². The summed E-state index contributed by atoms with van der Waals surface area (Å²) < 4.78 is 65.5. The van der Waals surface area contributed by atoms with Crippen molar-refractivity contribution >= 4 is 48.3 Å². The zero-order valence-corrected chi connectivity index (χ0v) is 28.1. The first-order chi connectivity index (χ1) is 22.0. The largest absolute Gasteiger partial charge is 0.443 e. The van der Waals surface area contributed by atoms with Gasteiger partial charge in [0, 0.05) is 23.8 Å². The van der Waals surface area contributed by atoms with E-state index in [1.165, 1.54) is 41.3 Å². The van der Waals surface area contributed by atoms with E-state index < -0.39 is 37.2 Å². The second kappa shape index (κ2) is 12.7. The molecular formula is C35H34N2O8S2. The molecule has 0 unspecified atom stereocenters. The van der Waals surface area contributed by atoms with E-state index in [1.807, 2.05) is 6.92 Å². The van der Waals surface area contributed by atoms with Crippen LogP contribution in [0.3, 0.4) is 0 Å². The molecule has 0 atom stereocenters. The van der Waals surface area contributed by atoms with Crippen molar-refractivity contribution in [3.8, 4) is 11.1 Å². The Morgan fingerprint density at radius 2 is 1.45 bits per heavy atom. The van der Waals surface area contributed by atoms with Crippen molar-refractivity contribution < 1.29 is 30.8 Å². The third-order valence-corrected chi connectivity index (χ3v) is 10.3. The van der Waals surface area contributed by atoms with Gasteiger partial charge in [0.1, 0.15) is 11.2 Å². The smallest absolute Gasteiger partial charge is 0.414 e. The summed E-state index contributed by atoms with van der Waals surface area (Å²) in [5.74, 6) is -0.273. The Bertz CT molecular complexity index is 2220. The third-order valence-electron chi connectivity index (χ3n) is 7.19. The second-order valence-electron chi connectivity index (χ2n) is 12.1. The molecule has 0 spiro atoms. The zero-order chi connectivity index (χ0) is 34.1. The van der Waals surface area contributed by atoms with Crippen molar-refractivity contribution in [3.63, 3.8) is 0 Å². The summed E-state index contributed by atoms with van der Waals surface area (Å²) in [6, 6.07) is 25.0. The fourth-order valence-corrected chi connectivity index (χ4v) is 7.11. The predicted molar refractivity (Wildman–Crippen MR) is 182 cm³/mol. The van der Waals surface area contributed by atoms with Crippen LogP contribution in [0.1, 0.15) is 31.9 Å². The summed E-state index contributed by atoms with van der Waals surface area (Å²) in [6.07, 6.45) is -0.521. The van der Waals surface area contributed by atoms with Crippen LogP contribution in [-0.4, -0.2) is 35.6 Å². The summed E-state index contributed by atoms with van der Waals surface area (Å²) in [7, 11) is -6.06. The number of carbonyl (C=O) groups excluding carboxylic acids is 1. The molecule has 0 bridgehead atoms. The Hall–Kier alpha value is -4.94. The van der Waals surface area contributed by atoms with E-state index in [0.29, 0.717) is 22.2 Å². The van der Waals surface area contributed by atoms with Gasteiger partial charge in [0.2, 0.25) is 0 Å². The molecule has 0 aliphatic rings. The van der Waals surface area contributed by atoms with Gasteiger partial charge in [-0.05, 0) is 99.5 Å². The number of benzene rings is 4. The number of nitrogens with one attached hydrogen (secondary N) is 1. The summed E-state index contributed by atoms with van der Waals surface area (Å²) >= 11 is 0. The highest BCUT2D eigenvalue weighted by Gasteiger charge is 2.21. The lowest BCUT2D eigenvalue weighted by Crippen LogP contribution is -2.34. The molecule has 1 aromatic heterocycles. The Morgan fingerprint density at radius 3 is 2.06 bits per heavy atom. The lowest BCUT2D eigenvalue weighted by atomic mass is 10.1. The molecule has 12 heteroatoms. The van der Waals surface area contributed by atoms with Crippen LogP contribution in [0.2, 0.25) is 0 Å². The molecular weight excluding hydrogens is 641 g/mol. The molecule has 0 aliphatic carbocycles. The van der Waals surface area contributed by atoms with Crippen LogP contribution in [0.15, 0.2) is 116 Å². The monoisotopic (exact) mass is 674 g/mol. The quantitative estimate of drug-likeness (QED) is 0.175. The number of ether oxygens (including phenoxy) is 1. The molecule has 5 rings (SSSR count). The van der Waals surface area contributed by atoms with Gasteiger partial charge in [-0.3, -0.25) is 9.62 Å². The van der Waals surface area contributed by atoms with Crippen molar-refractivity contribution in [3.05, 3.63) is 119 Å². The number of carbonyl (C=O) groups is 1. The van der Waals surface area contributed by atoms with Gasteiger partial charge >= 0.3 is 11.7 Å². The molecule has 10 nitrogen and oxygen atoms in total. The highest BCUT2D eigenvalue weighted by atomic mass is 32.2. The van der Waals surface area contributed by atoms with Gasteiger partial charge in [-0.2, -0.15) is 0 Å². The molecule has 0 radical (unpaired) electrons. The lowest BCUT2D eigenvalue weighted by Gasteiger charge is -2.24. The second-order valence-corrected chi connectivity index (χ2v) is 15.8. The first-order valence-corrected chi connectivity index (χ1v) is 17.7. The van der Waals surface area contributed by atoms with E-state index in [9.17, 15) is 26.4 Å². The minimum Gasteiger partial charge on any atom is -0.443 e. The minimum atomic E-state index is -4.04. The number of hydrogen-bond acceptors (Lipinski definition) is 8. The number of sulfonamides is 1. The number of nitrogens with zero attached hydrogens (tertiary/aromatic N) is 1. The molecule has 1 heterocycles. The van der Waals surface area contributed by atoms with Crippen LogP contribution in [0, 0.1) is 6.92 Å². The molecule has 4 aromatic carbocycles. The Morgan fingerprint density at radius 1 is 0.830 bits per heavy atom. The number of amides is 1. The molecule has 5 aromatic rings. The van der Waals surface area contributed by atoms with Gasteiger partial charge in [0.15, 0.2) is 9.84 Å². The summed E-state index contributed by atoms with van der Waals surface area (Å²) in [6.45, 7) is 7.20. The molecule has 0 saturated carbocycles. The maximum atomic E-state index is 13.2. The van der Waals surface area contributed by atoms with E-state index in [1.54, 1.807) is 88.5 Å². The first kappa shape index (κ1) is 33.4. The summed E-state index contributed by atoms with van der Waals surface area (Å²) in [5.41, 5.74) is 2.01. The van der Waals surface area contributed by atoms with Crippen LogP contribution < -0.4 is 15.2 Å². The Balaban J connectivity index is 1.33. The third kappa shape index (κ3) is 7.90. The molecule has 0 aliphatic heterocycles. The van der Waals surface area contributed by atoms with Gasteiger partial charge < -0.3 is 9.15 Å². The predicted octanol–water partition coefficient (Wildman–Crippen LogP) is 6.91. The SMILES string of the molecule is Cc1ccc(S(=O)(=O)Cc2ccc(S(=O)(=O)Nc3ccc4oc(=O)c(-c5ccc(N(C)C(=O)OC(C)(C)C)cc5)cc4c3)cc2)cc1. The molecule has 1 N–H and O–H groups in total. The maximum Gasteiger partial charge on any atom is 0.414 e. The molecule has 244 valence electrons. The number of anilines is 2. The summed E-state index contributed by atoms with van der Waals surface area (Å²) in [5, 5.41) is 0.478. The number of aryl methyl sites for hydroxylation is 1. The van der Waals surface area contributed by atoms with Crippen LogP contribution in [0.25, 0.3) is 22.1 Å². The topological polar surface area (TPSA) is 140 Å². The van der Waals surface area contributed by atoms with Crippen molar-refractivity contribution in [2.75, 3.05) is 16.7 Å². The summed E-state index contributed by atoms with van der Waals surface area (Å²) in [4.78, 5) is 26.8. The minimum absolute atomic E-state index is 0.0502. The van der Waals surface area contributed by atoms with E-state index in [2.05, 4.69) is 4.72 Å². The first-order valence-electron chi connectivity index (χ1n) is 14.6. The Kier molecular flexibility index (Phi) is 9.02. The van der Waals surface area contributed by atoms with Crippen molar-refractivity contribution in [1.29, 1.82) is 0 Å². The van der Waals surface area contributed by atoms with Gasteiger partial charge in [0.25, 0.3) is 10.0 Å². The molecule has 0 saturated heterocycles. The number of fused-ring (bicyclic) bond motifs is 1. The highest BCUT2D eigenvalue weighted by Crippen LogP contribution is 2.27. The maximum absolute atomic E-state index is 13.2. The van der Waals surface area contributed by atoms with Crippen LogP contribution >= 0.6 is 0 Å². The fourth-order valence-electron chi connectivity index (χ4n) is 4.72. The van der Waals surface area contributed by atoms with E-state index >= 15 is 0 Å². The Labute approximate surface area is 273 Å². The van der Waals surface area contributed by atoms with E-state index in [4.69, 9.17) is 9.15 Å². The van der Waals surface area contributed by atoms with Crippen LogP contribution in [-0.2, 0) is 30.4 Å². The van der Waals surface area contributed by atoms with E-state index in [-0.39, 0.29) is 32.4 Å². The highest BCUT2D eigenvalue weighted by molar-refractivity contribution is 7.92. The fraction of sp³-hybridized carbons (Fsp3) is 0.200. The van der Waals surface area contributed by atoms with Gasteiger partial charge in [-0.1, -0.05) is 42.0 Å². The van der Waals surface area contributed by atoms with Crippen LogP contribution in [0.5, 0.6) is 0 Å². The normalized spacial score (nSPS) is 12.1. The molecule has 47 heavy (non-hydrogen) atoms. The molecule has 1 amide bonds. The number of hydrogen-bond donors (Lipinski definition) is 1. The number of rotatable bonds is 8. The lowest BCUT2D eigenvalue weighted by molar-refractivity contribution is 0.0589. The van der Waals surface area contributed by atoms with Gasteiger partial charge in [0.05, 0.1) is 21.1 Å². The van der Waals surface area contributed by atoms with Gasteiger partial charge in [-0.15, -0.1) is 0 Å². The van der Waals surface area contributed by atoms with E-state index in [0.717, 1.165) is 5.56 Å². The van der Waals surface area contributed by atoms with Crippen molar-refractivity contribution in [1.82, 2.24) is 0 Å². The van der Waals surface area contributed by atoms with Crippen LogP contribution in [0.4, 0.5) is 16.2 Å². The molecule has 0 fully saturated rings. The van der Waals surface area contributed by atoms with Crippen molar-refractivity contribution in [2.24, 2.45) is 0 Å². The zero-order valence-electron chi connectivity index (χ0n) is 26.5. The number of sulfone groups is 1.